The number of fused-ring (bicyclic) bond motifs is 1. The van der Waals surface area contributed by atoms with Gasteiger partial charge >= 0.3 is 0 Å². The van der Waals surface area contributed by atoms with Gasteiger partial charge in [0.2, 0.25) is 0 Å². The Bertz CT molecular complexity index is 1290. The number of likely N-dealkylation sites (tertiary alicyclic amines) is 1. The molecule has 3 aromatic rings. The summed E-state index contributed by atoms with van der Waals surface area (Å²) < 4.78 is 17.9. The molecule has 4 rings (SSSR count). The van der Waals surface area contributed by atoms with E-state index in [1.165, 1.54) is 6.20 Å². The van der Waals surface area contributed by atoms with Crippen molar-refractivity contribution in [3.05, 3.63) is 41.2 Å². The first-order chi connectivity index (χ1) is 16.6. The summed E-state index contributed by atoms with van der Waals surface area (Å²) >= 11 is 0. The highest BCUT2D eigenvalue weighted by Crippen LogP contribution is 2.23. The van der Waals surface area contributed by atoms with Crippen LogP contribution in [0.5, 0.6) is 0 Å². The van der Waals surface area contributed by atoms with Gasteiger partial charge < -0.3 is 21.3 Å². The topological polar surface area (TPSA) is 106 Å². The van der Waals surface area contributed by atoms with Crippen molar-refractivity contribution < 1.29 is 9.18 Å². The molecule has 1 saturated heterocycles. The number of alkyl halides is 1. The van der Waals surface area contributed by atoms with Crippen LogP contribution in [0.15, 0.2) is 24.4 Å². The molecule has 1 aliphatic heterocycles. The van der Waals surface area contributed by atoms with Gasteiger partial charge in [0, 0.05) is 18.7 Å². The summed E-state index contributed by atoms with van der Waals surface area (Å²) in [5.74, 6) is 6.72. The van der Waals surface area contributed by atoms with E-state index in [4.69, 9.17) is 5.73 Å². The second kappa shape index (κ2) is 9.58. The van der Waals surface area contributed by atoms with Crippen molar-refractivity contribution in [2.24, 2.45) is 0 Å². The van der Waals surface area contributed by atoms with Crippen molar-refractivity contribution in [3.8, 4) is 11.8 Å². The Labute approximate surface area is 204 Å². The zero-order valence-corrected chi connectivity index (χ0v) is 20.9. The van der Waals surface area contributed by atoms with Crippen molar-refractivity contribution in [1.29, 1.82) is 0 Å². The summed E-state index contributed by atoms with van der Waals surface area (Å²) in [7, 11) is 1.93. The van der Waals surface area contributed by atoms with E-state index in [0.717, 1.165) is 29.9 Å². The Balaban J connectivity index is 1.46. The molecular formula is C25H33FN8O. The largest absolute Gasteiger partial charge is 0.383 e. The molecule has 0 spiro atoms. The van der Waals surface area contributed by atoms with E-state index >= 15 is 0 Å². The number of hydrogen-bond donors (Lipinski definition) is 3. The van der Waals surface area contributed by atoms with Gasteiger partial charge in [-0.1, -0.05) is 12.0 Å². The number of rotatable bonds is 4. The van der Waals surface area contributed by atoms with Crippen molar-refractivity contribution in [2.75, 3.05) is 37.7 Å². The number of halogens is 1. The number of nitrogens with two attached hydrogens (primary N) is 1. The molecule has 4 heterocycles. The van der Waals surface area contributed by atoms with Crippen LogP contribution in [-0.2, 0) is 5.54 Å². The van der Waals surface area contributed by atoms with Crippen LogP contribution in [0.2, 0.25) is 0 Å². The molecule has 0 bridgehead atoms. The van der Waals surface area contributed by atoms with E-state index in [0.29, 0.717) is 23.6 Å². The average molecular weight is 481 g/mol. The lowest BCUT2D eigenvalue weighted by molar-refractivity contribution is 0.0959. The van der Waals surface area contributed by atoms with Crippen LogP contribution in [0, 0.1) is 18.8 Å². The fourth-order valence-electron chi connectivity index (χ4n) is 4.24. The number of nitrogens with one attached hydrogen (secondary N) is 2. The molecule has 0 radical (unpaired) electrons. The highest BCUT2D eigenvalue weighted by atomic mass is 19.1. The van der Waals surface area contributed by atoms with Crippen molar-refractivity contribution in [3.63, 3.8) is 0 Å². The number of nitrogens with zero attached hydrogens (tertiary/aromatic N) is 5. The number of carbonyl (C=O) groups is 1. The third-order valence-corrected chi connectivity index (χ3v) is 6.21. The second-order valence-electron chi connectivity index (χ2n) is 10.0. The first-order valence-corrected chi connectivity index (χ1v) is 11.7. The minimum Gasteiger partial charge on any atom is -0.383 e. The van der Waals surface area contributed by atoms with E-state index in [9.17, 15) is 9.18 Å². The molecule has 1 amide bonds. The second-order valence-corrected chi connectivity index (χ2v) is 10.0. The maximum absolute atomic E-state index is 14.5. The molecule has 1 aliphatic rings. The molecule has 4 N–H and O–H groups in total. The Morgan fingerprint density at radius 3 is 2.80 bits per heavy atom. The van der Waals surface area contributed by atoms with E-state index < -0.39 is 6.17 Å². The van der Waals surface area contributed by atoms with Gasteiger partial charge in [-0.25, -0.2) is 13.6 Å². The lowest BCUT2D eigenvalue weighted by atomic mass is 10.0. The molecule has 186 valence electrons. The predicted octanol–water partition coefficient (Wildman–Crippen LogP) is 2.41. The van der Waals surface area contributed by atoms with Crippen LogP contribution in [0.4, 0.5) is 16.0 Å². The van der Waals surface area contributed by atoms with Crippen LogP contribution in [0.25, 0.3) is 5.52 Å². The zero-order valence-electron chi connectivity index (χ0n) is 20.9. The Morgan fingerprint density at radius 1 is 1.34 bits per heavy atom. The number of anilines is 2. The summed E-state index contributed by atoms with van der Waals surface area (Å²) in [4.78, 5) is 14.5. The normalized spacial score (nSPS) is 18.8. The van der Waals surface area contributed by atoms with Gasteiger partial charge in [-0.2, -0.15) is 10.2 Å². The predicted molar refractivity (Wildman–Crippen MR) is 135 cm³/mol. The third-order valence-electron chi connectivity index (χ3n) is 6.21. The smallest absolute Gasteiger partial charge is 0.257 e. The van der Waals surface area contributed by atoms with Gasteiger partial charge in [0.15, 0.2) is 0 Å². The zero-order chi connectivity index (χ0) is 25.3. The fraction of sp³-hybridized carbons (Fsp3) is 0.480. The van der Waals surface area contributed by atoms with Crippen LogP contribution >= 0.6 is 0 Å². The molecule has 0 saturated carbocycles. The lowest BCUT2D eigenvalue weighted by Gasteiger charge is -2.33. The van der Waals surface area contributed by atoms with Gasteiger partial charge in [-0.3, -0.25) is 4.79 Å². The van der Waals surface area contributed by atoms with Crippen molar-refractivity contribution in [1.82, 2.24) is 29.6 Å². The van der Waals surface area contributed by atoms with Gasteiger partial charge in [-0.15, -0.1) is 0 Å². The highest BCUT2D eigenvalue weighted by Gasteiger charge is 2.28. The fourth-order valence-corrected chi connectivity index (χ4v) is 4.24. The Hall–Kier alpha value is -3.58. The minimum absolute atomic E-state index is 0.135. The molecule has 2 atom stereocenters. The van der Waals surface area contributed by atoms with Gasteiger partial charge in [0.25, 0.3) is 5.91 Å². The van der Waals surface area contributed by atoms with Crippen LogP contribution in [0.1, 0.15) is 48.8 Å². The number of amides is 1. The maximum Gasteiger partial charge on any atom is 0.257 e. The average Bonchev–Trinajstić information content (AvgIpc) is 3.34. The molecular weight excluding hydrogens is 447 g/mol. The molecule has 3 aromatic heterocycles. The SMILES string of the molecule is Cc1c(C#CCNC(=O)c2cnn(C(C)(C)C)c2N)nn2c(N[C@@H]3CCN(C)C[C@@H]3F)cccc12. The molecule has 35 heavy (non-hydrogen) atoms. The Kier molecular flexibility index (Phi) is 6.72. The van der Waals surface area contributed by atoms with Crippen LogP contribution in [-0.4, -0.2) is 69.1 Å². The van der Waals surface area contributed by atoms with E-state index in [2.05, 4.69) is 32.7 Å². The summed E-state index contributed by atoms with van der Waals surface area (Å²) in [6, 6.07) is 5.51. The van der Waals surface area contributed by atoms with Crippen molar-refractivity contribution >= 4 is 23.1 Å². The molecule has 10 heteroatoms. The number of nitrogen functional groups attached to an aromatic ring is 1. The third kappa shape index (κ3) is 5.10. The van der Waals surface area contributed by atoms with E-state index in [1.807, 2.05) is 57.8 Å². The first-order valence-electron chi connectivity index (χ1n) is 11.7. The number of carbonyl (C=O) groups excluding carboxylic acids is 1. The van der Waals surface area contributed by atoms with Crippen LogP contribution < -0.4 is 16.4 Å². The minimum atomic E-state index is -0.951. The number of aromatic nitrogens is 4. The van der Waals surface area contributed by atoms with Crippen molar-refractivity contribution in [2.45, 2.75) is 51.9 Å². The number of aryl methyl sites for hydroxylation is 1. The summed E-state index contributed by atoms with van der Waals surface area (Å²) in [5.41, 5.74) is 8.52. The molecule has 0 aliphatic carbocycles. The summed E-state index contributed by atoms with van der Waals surface area (Å²) in [6.45, 7) is 9.23. The highest BCUT2D eigenvalue weighted by molar-refractivity contribution is 5.98. The quantitative estimate of drug-likeness (QED) is 0.496. The maximum atomic E-state index is 14.5. The summed E-state index contributed by atoms with van der Waals surface area (Å²) in [5, 5.41) is 15.0. The van der Waals surface area contributed by atoms with E-state index in [-0.39, 0.29) is 24.0 Å². The lowest BCUT2D eigenvalue weighted by Crippen LogP contribution is -2.46. The Morgan fingerprint density at radius 2 is 2.11 bits per heavy atom. The molecule has 1 fully saturated rings. The monoisotopic (exact) mass is 480 g/mol. The standard InChI is InChI=1S/C25H33FN8O/c1-16-19(8-7-12-28-24(35)17-14-29-34(23(17)27)25(2,3)4)31-33-21(16)9-6-10-22(33)30-20-11-13-32(5)15-18(20)26/h6,9-10,14,18,20,30H,11-13,15,27H2,1-5H3,(H,28,35)/t18-,20+/m0/s1. The molecule has 9 nitrogen and oxygen atoms in total. The van der Waals surface area contributed by atoms with Gasteiger partial charge in [0.05, 0.1) is 29.8 Å². The molecule has 0 aromatic carbocycles. The van der Waals surface area contributed by atoms with Crippen LogP contribution in [0.3, 0.4) is 0 Å². The number of pyridine rings is 1. The van der Waals surface area contributed by atoms with E-state index in [1.54, 1.807) is 9.20 Å². The number of piperidine rings is 1. The summed E-state index contributed by atoms with van der Waals surface area (Å²) in [6.07, 6.45) is 1.24. The van der Waals surface area contributed by atoms with Gasteiger partial charge in [0.1, 0.15) is 29.1 Å². The molecule has 0 unspecified atom stereocenters. The van der Waals surface area contributed by atoms with Gasteiger partial charge in [-0.05, 0) is 59.2 Å². The number of hydrogen-bond acceptors (Lipinski definition) is 6. The first kappa shape index (κ1) is 24.5.